The number of imidazole rings is 1. The molecule has 2 aliphatic rings. The van der Waals surface area contributed by atoms with Crippen LogP contribution in [0.25, 0.3) is 11.4 Å². The minimum Gasteiger partial charge on any atom is -0.491 e. The van der Waals surface area contributed by atoms with Gasteiger partial charge in [0.2, 0.25) is 5.91 Å². The molecule has 8 nitrogen and oxygen atoms in total. The van der Waals surface area contributed by atoms with Crippen LogP contribution in [0.1, 0.15) is 12.5 Å². The Balaban J connectivity index is 1.68. The summed E-state index contributed by atoms with van der Waals surface area (Å²) < 4.78 is 38.9. The molecule has 1 saturated heterocycles. The summed E-state index contributed by atoms with van der Waals surface area (Å²) in [6.45, 7) is 2.15. The van der Waals surface area contributed by atoms with Crippen LogP contribution in [-0.2, 0) is 22.5 Å². The molecule has 2 N–H and O–H groups in total. The predicted octanol–water partition coefficient (Wildman–Crippen LogP) is 2.20. The van der Waals surface area contributed by atoms with E-state index in [1.165, 1.54) is 0 Å². The number of aromatic nitrogens is 2. The molecule has 1 aromatic carbocycles. The molecule has 2 amide bonds. The van der Waals surface area contributed by atoms with Gasteiger partial charge in [0.25, 0.3) is 6.43 Å². The number of rotatable bonds is 5. The maximum absolute atomic E-state index is 13.3. The zero-order valence-electron chi connectivity index (χ0n) is 15.7. The largest absolute Gasteiger partial charge is 0.491 e. The number of carbonyl (C=O) groups is 2. The number of fused-ring (bicyclic) bond motifs is 3. The summed E-state index contributed by atoms with van der Waals surface area (Å²) in [5.41, 5.74) is 6.89. The molecule has 0 spiro atoms. The maximum Gasteiger partial charge on any atom is 0.416 e. The Kier molecular flexibility index (Phi) is 4.85. The number of hydrogen-bond donors (Lipinski definition) is 1. The van der Waals surface area contributed by atoms with E-state index in [2.05, 4.69) is 4.98 Å². The molecule has 0 saturated carbocycles. The van der Waals surface area contributed by atoms with Gasteiger partial charge in [-0.3, -0.25) is 4.79 Å². The Morgan fingerprint density at radius 3 is 2.90 bits per heavy atom. The molecule has 10 heteroatoms. The minimum atomic E-state index is -2.74. The first-order valence-corrected chi connectivity index (χ1v) is 9.22. The van der Waals surface area contributed by atoms with Gasteiger partial charge in [-0.2, -0.15) is 0 Å². The van der Waals surface area contributed by atoms with Gasteiger partial charge in [-0.25, -0.2) is 23.5 Å². The number of anilines is 1. The molecular formula is C19H20F2N4O4. The number of benzene rings is 1. The third-order valence-corrected chi connectivity index (χ3v) is 5.11. The summed E-state index contributed by atoms with van der Waals surface area (Å²) in [4.78, 5) is 28.6. The molecule has 4 rings (SSSR count). The van der Waals surface area contributed by atoms with Crippen LogP contribution in [0.3, 0.4) is 0 Å². The third kappa shape index (κ3) is 3.50. The summed E-state index contributed by atoms with van der Waals surface area (Å²) in [6, 6.07) is 4.11. The molecule has 1 fully saturated rings. The normalized spacial score (nSPS) is 19.2. The van der Waals surface area contributed by atoms with Crippen molar-refractivity contribution in [3.8, 4) is 17.1 Å². The van der Waals surface area contributed by atoms with Gasteiger partial charge < -0.3 is 19.8 Å². The summed E-state index contributed by atoms with van der Waals surface area (Å²) in [5, 5.41) is 0. The molecule has 0 aliphatic carbocycles. The predicted molar refractivity (Wildman–Crippen MR) is 98.8 cm³/mol. The smallest absolute Gasteiger partial charge is 0.416 e. The van der Waals surface area contributed by atoms with Crippen LogP contribution in [-0.4, -0.2) is 47.2 Å². The Labute approximate surface area is 165 Å². The van der Waals surface area contributed by atoms with Crippen molar-refractivity contribution in [1.82, 2.24) is 9.55 Å². The van der Waals surface area contributed by atoms with Crippen molar-refractivity contribution in [2.24, 2.45) is 11.7 Å². The van der Waals surface area contributed by atoms with Gasteiger partial charge in [-0.1, -0.05) is 13.0 Å². The Morgan fingerprint density at radius 1 is 1.38 bits per heavy atom. The molecule has 29 heavy (non-hydrogen) atoms. The summed E-state index contributed by atoms with van der Waals surface area (Å²) in [7, 11) is 0. The van der Waals surface area contributed by atoms with E-state index in [1.54, 1.807) is 23.8 Å². The van der Waals surface area contributed by atoms with E-state index in [0.29, 0.717) is 36.7 Å². The monoisotopic (exact) mass is 406 g/mol. The lowest BCUT2D eigenvalue weighted by Crippen LogP contribution is -2.38. The van der Waals surface area contributed by atoms with Crippen LogP contribution in [0.15, 0.2) is 24.4 Å². The minimum absolute atomic E-state index is 0.118. The molecule has 0 radical (unpaired) electrons. The first-order valence-electron chi connectivity index (χ1n) is 9.22. The van der Waals surface area contributed by atoms with E-state index in [0.717, 1.165) is 10.5 Å². The van der Waals surface area contributed by atoms with Crippen LogP contribution >= 0.6 is 0 Å². The standard InChI is InChI=1S/C19H20F2N4O4/c1-10(17(22)26)6-11-2-3-12-14(7-11)28-5-4-24-8-15(23-18(12)24)25-13(16(20)21)9-29-19(25)27/h2-3,7-8,10,13,16H,4-6,9H2,1H3,(H2,22,26)/t10-,13+/m1/s1. The van der Waals surface area contributed by atoms with Gasteiger partial charge >= 0.3 is 6.09 Å². The number of amides is 2. The highest BCUT2D eigenvalue weighted by Crippen LogP contribution is 2.36. The van der Waals surface area contributed by atoms with Gasteiger partial charge in [-0.15, -0.1) is 0 Å². The number of carbonyl (C=O) groups excluding carboxylic acids is 2. The first kappa shape index (κ1) is 19.2. The van der Waals surface area contributed by atoms with Crippen LogP contribution in [0, 0.1) is 5.92 Å². The van der Waals surface area contributed by atoms with Crippen LogP contribution in [0.4, 0.5) is 19.4 Å². The molecule has 3 heterocycles. The Bertz CT molecular complexity index is 962. The quantitative estimate of drug-likeness (QED) is 0.821. The number of primary amides is 1. The van der Waals surface area contributed by atoms with Crippen molar-refractivity contribution >= 4 is 17.8 Å². The van der Waals surface area contributed by atoms with E-state index in [-0.39, 0.29) is 24.2 Å². The maximum atomic E-state index is 13.3. The van der Waals surface area contributed by atoms with Crippen LogP contribution in [0.5, 0.6) is 5.75 Å². The fourth-order valence-electron chi connectivity index (χ4n) is 3.49. The summed E-state index contributed by atoms with van der Waals surface area (Å²) in [6.07, 6.45) is -1.55. The molecule has 0 bridgehead atoms. The zero-order valence-corrected chi connectivity index (χ0v) is 15.7. The van der Waals surface area contributed by atoms with Gasteiger partial charge in [0.1, 0.15) is 30.8 Å². The fourth-order valence-corrected chi connectivity index (χ4v) is 3.49. The topological polar surface area (TPSA) is 99.7 Å². The number of hydrogen-bond acceptors (Lipinski definition) is 5. The summed E-state index contributed by atoms with van der Waals surface area (Å²) in [5.74, 6) is 0.498. The SMILES string of the molecule is C[C@H](Cc1ccc2c(c1)OCCn1cc(N3C(=O)OC[C@H]3C(F)F)nc1-2)C(N)=O. The number of cyclic esters (lactones) is 1. The van der Waals surface area contributed by atoms with E-state index in [4.69, 9.17) is 15.2 Å². The highest BCUT2D eigenvalue weighted by Gasteiger charge is 2.42. The first-order chi connectivity index (χ1) is 13.8. The number of alkyl halides is 2. The number of halogens is 2. The molecule has 0 unspecified atom stereocenters. The van der Waals surface area contributed by atoms with Gasteiger partial charge in [-0.05, 0) is 24.1 Å². The zero-order chi connectivity index (χ0) is 20.7. The molecular weight excluding hydrogens is 386 g/mol. The second-order valence-corrected chi connectivity index (χ2v) is 7.15. The van der Waals surface area contributed by atoms with Crippen molar-refractivity contribution in [2.75, 3.05) is 18.1 Å². The Morgan fingerprint density at radius 2 is 2.17 bits per heavy atom. The van der Waals surface area contributed by atoms with Gasteiger partial charge in [0, 0.05) is 12.1 Å². The van der Waals surface area contributed by atoms with E-state index >= 15 is 0 Å². The lowest BCUT2D eigenvalue weighted by atomic mass is 9.99. The van der Waals surface area contributed by atoms with Crippen molar-refractivity contribution < 1.29 is 27.8 Å². The molecule has 154 valence electrons. The highest BCUT2D eigenvalue weighted by molar-refractivity contribution is 5.89. The second kappa shape index (κ2) is 7.34. The fraction of sp³-hybridized carbons (Fsp3) is 0.421. The van der Waals surface area contributed by atoms with Crippen molar-refractivity contribution in [1.29, 1.82) is 0 Å². The summed E-state index contributed by atoms with van der Waals surface area (Å²) >= 11 is 0. The lowest BCUT2D eigenvalue weighted by molar-refractivity contribution is -0.121. The van der Waals surface area contributed by atoms with Gasteiger partial charge in [0.15, 0.2) is 5.82 Å². The molecule has 2 aromatic rings. The third-order valence-electron chi connectivity index (χ3n) is 5.11. The van der Waals surface area contributed by atoms with Crippen molar-refractivity contribution in [3.05, 3.63) is 30.0 Å². The van der Waals surface area contributed by atoms with E-state index < -0.39 is 18.6 Å². The highest BCUT2D eigenvalue weighted by atomic mass is 19.3. The average Bonchev–Trinajstić information content (AvgIpc) is 3.21. The number of nitrogens with two attached hydrogens (primary N) is 1. The molecule has 2 atom stereocenters. The lowest BCUT2D eigenvalue weighted by Gasteiger charge is -2.17. The molecule has 2 aliphatic heterocycles. The van der Waals surface area contributed by atoms with Gasteiger partial charge in [0.05, 0.1) is 12.1 Å². The van der Waals surface area contributed by atoms with E-state index in [9.17, 15) is 18.4 Å². The second-order valence-electron chi connectivity index (χ2n) is 7.15. The number of nitrogens with zero attached hydrogens (tertiary/aromatic N) is 3. The average molecular weight is 406 g/mol. The Hall–Kier alpha value is -3.17. The van der Waals surface area contributed by atoms with Crippen LogP contribution < -0.4 is 15.4 Å². The molecule has 1 aromatic heterocycles. The van der Waals surface area contributed by atoms with E-state index in [1.807, 2.05) is 12.1 Å². The van der Waals surface area contributed by atoms with Crippen molar-refractivity contribution in [2.45, 2.75) is 32.4 Å². The van der Waals surface area contributed by atoms with Crippen molar-refractivity contribution in [3.63, 3.8) is 0 Å². The number of ether oxygens (including phenoxy) is 2. The van der Waals surface area contributed by atoms with Crippen LogP contribution in [0.2, 0.25) is 0 Å².